The van der Waals surface area contributed by atoms with Crippen molar-refractivity contribution in [3.63, 3.8) is 0 Å². The Hall–Kier alpha value is -2.24. The first-order valence-electron chi connectivity index (χ1n) is 9.43. The van der Waals surface area contributed by atoms with E-state index in [0.29, 0.717) is 17.4 Å². The van der Waals surface area contributed by atoms with Crippen molar-refractivity contribution in [2.45, 2.75) is 47.0 Å². The Morgan fingerprint density at radius 2 is 1.48 bits per heavy atom. The van der Waals surface area contributed by atoms with Crippen LogP contribution in [0.2, 0.25) is 0 Å². The molecule has 0 atom stereocenters. The maximum Gasteiger partial charge on any atom is 0.320 e. The second-order valence-electron chi connectivity index (χ2n) is 7.46. The van der Waals surface area contributed by atoms with Crippen LogP contribution in [0.3, 0.4) is 0 Å². The number of hydrogen-bond donors (Lipinski definition) is 1. The molecule has 0 fully saturated rings. The number of benzene rings is 1. The van der Waals surface area contributed by atoms with Crippen molar-refractivity contribution in [3.05, 3.63) is 23.8 Å². The predicted molar refractivity (Wildman–Crippen MR) is 103 cm³/mol. The summed E-state index contributed by atoms with van der Waals surface area (Å²) in [6.45, 7) is 8.68. The van der Waals surface area contributed by atoms with Gasteiger partial charge in [0, 0.05) is 0 Å². The molecule has 1 N–H and O–H groups in total. The maximum absolute atomic E-state index is 12.5. The third-order valence-corrected chi connectivity index (χ3v) is 4.13. The Balaban J connectivity index is 2.85. The van der Waals surface area contributed by atoms with Crippen LogP contribution in [0.5, 0.6) is 11.5 Å². The van der Waals surface area contributed by atoms with Crippen molar-refractivity contribution in [3.8, 4) is 11.5 Å². The number of carbonyl (C=O) groups excluding carboxylic acids is 2. The molecule has 27 heavy (non-hydrogen) atoms. The van der Waals surface area contributed by atoms with Crippen LogP contribution in [0.4, 0.5) is 0 Å². The minimum Gasteiger partial charge on any atom is -0.504 e. The zero-order valence-corrected chi connectivity index (χ0v) is 17.0. The average molecular weight is 380 g/mol. The van der Waals surface area contributed by atoms with E-state index in [-0.39, 0.29) is 31.1 Å². The van der Waals surface area contributed by atoms with Crippen LogP contribution in [0.1, 0.15) is 46.1 Å². The molecule has 0 aromatic heterocycles. The number of methoxy groups -OCH3 is 1. The highest BCUT2D eigenvalue weighted by Gasteiger charge is 2.30. The molecular weight excluding hydrogens is 348 g/mol. The maximum atomic E-state index is 12.5. The third-order valence-electron chi connectivity index (χ3n) is 4.13. The molecule has 0 bridgehead atoms. The lowest BCUT2D eigenvalue weighted by Crippen LogP contribution is -2.30. The number of carbonyl (C=O) groups is 2. The molecule has 0 amide bonds. The molecule has 1 aromatic carbocycles. The van der Waals surface area contributed by atoms with E-state index in [1.807, 2.05) is 27.7 Å². The highest BCUT2D eigenvalue weighted by molar-refractivity contribution is 5.95. The summed E-state index contributed by atoms with van der Waals surface area (Å²) in [5.41, 5.74) is 0.677. The third kappa shape index (κ3) is 8.33. The Morgan fingerprint density at radius 3 is 1.93 bits per heavy atom. The second kappa shape index (κ2) is 11.5. The molecule has 0 saturated carbocycles. The monoisotopic (exact) mass is 380 g/mol. The molecule has 6 nitrogen and oxygen atoms in total. The molecule has 0 aliphatic carbocycles. The number of phenolic OH excluding ortho intramolecular Hbond substituents is 1. The van der Waals surface area contributed by atoms with Gasteiger partial charge in [-0.3, -0.25) is 9.59 Å². The van der Waals surface area contributed by atoms with Gasteiger partial charge in [0.25, 0.3) is 0 Å². The van der Waals surface area contributed by atoms with Crippen molar-refractivity contribution >= 4 is 11.9 Å². The van der Waals surface area contributed by atoms with E-state index in [1.165, 1.54) is 13.2 Å². The summed E-state index contributed by atoms with van der Waals surface area (Å²) in [4.78, 5) is 25.0. The zero-order valence-electron chi connectivity index (χ0n) is 17.0. The number of phenols is 1. The van der Waals surface area contributed by atoms with Crippen molar-refractivity contribution < 1.29 is 28.9 Å². The number of ether oxygens (including phenoxy) is 3. The quantitative estimate of drug-likeness (QED) is 0.465. The Kier molecular flexibility index (Phi) is 9.68. The van der Waals surface area contributed by atoms with E-state index in [9.17, 15) is 14.7 Å². The highest BCUT2D eigenvalue weighted by Crippen LogP contribution is 2.27. The summed E-state index contributed by atoms with van der Waals surface area (Å²) < 4.78 is 15.7. The fourth-order valence-corrected chi connectivity index (χ4v) is 2.34. The molecular formula is C21H32O6. The summed E-state index contributed by atoms with van der Waals surface area (Å²) in [6.07, 6.45) is 1.58. The van der Waals surface area contributed by atoms with E-state index in [0.717, 1.165) is 12.8 Å². The van der Waals surface area contributed by atoms with E-state index in [4.69, 9.17) is 14.2 Å². The van der Waals surface area contributed by atoms with Gasteiger partial charge in [-0.2, -0.15) is 0 Å². The summed E-state index contributed by atoms with van der Waals surface area (Å²) in [5.74, 6) is -1.14. The van der Waals surface area contributed by atoms with Crippen molar-refractivity contribution in [2.24, 2.45) is 17.8 Å². The van der Waals surface area contributed by atoms with Gasteiger partial charge in [0.05, 0.1) is 20.3 Å². The van der Waals surface area contributed by atoms with Crippen molar-refractivity contribution in [1.29, 1.82) is 0 Å². The average Bonchev–Trinajstić information content (AvgIpc) is 2.59. The van der Waals surface area contributed by atoms with Crippen LogP contribution in [-0.4, -0.2) is 37.4 Å². The molecule has 0 radical (unpaired) electrons. The van der Waals surface area contributed by atoms with Gasteiger partial charge in [0.2, 0.25) is 0 Å². The summed E-state index contributed by atoms with van der Waals surface area (Å²) in [7, 11) is 1.44. The van der Waals surface area contributed by atoms with Gasteiger partial charge in [0.15, 0.2) is 17.4 Å². The minimum atomic E-state index is -1.04. The molecule has 0 heterocycles. The SMILES string of the molecule is COc1cc(CC(C(=O)OCCC(C)C)C(=O)OCCC(C)C)ccc1O. The zero-order chi connectivity index (χ0) is 20.4. The molecule has 0 spiro atoms. The first-order chi connectivity index (χ1) is 12.7. The number of rotatable bonds is 11. The first kappa shape index (κ1) is 22.8. The fraction of sp³-hybridized carbons (Fsp3) is 0.619. The van der Waals surface area contributed by atoms with E-state index >= 15 is 0 Å². The molecule has 152 valence electrons. The summed E-state index contributed by atoms with van der Waals surface area (Å²) in [5, 5.41) is 9.72. The van der Waals surface area contributed by atoms with Crippen LogP contribution in [0, 0.1) is 17.8 Å². The van der Waals surface area contributed by atoms with Gasteiger partial charge in [-0.05, 0) is 48.8 Å². The molecule has 6 heteroatoms. The Labute approximate surface area is 161 Å². The number of aromatic hydroxyl groups is 1. The highest BCUT2D eigenvalue weighted by atomic mass is 16.6. The van der Waals surface area contributed by atoms with Gasteiger partial charge in [-0.15, -0.1) is 0 Å². The lowest BCUT2D eigenvalue weighted by molar-refractivity contribution is -0.162. The van der Waals surface area contributed by atoms with Gasteiger partial charge in [0.1, 0.15) is 0 Å². The Morgan fingerprint density at radius 1 is 0.963 bits per heavy atom. The van der Waals surface area contributed by atoms with Crippen LogP contribution in [-0.2, 0) is 25.5 Å². The largest absolute Gasteiger partial charge is 0.504 e. The Bertz CT molecular complexity index is 583. The van der Waals surface area contributed by atoms with E-state index in [1.54, 1.807) is 12.1 Å². The molecule has 0 aliphatic heterocycles. The van der Waals surface area contributed by atoms with Crippen molar-refractivity contribution in [1.82, 2.24) is 0 Å². The predicted octanol–water partition coefficient (Wildman–Crippen LogP) is 3.74. The molecule has 0 unspecified atom stereocenters. The lowest BCUT2D eigenvalue weighted by atomic mass is 9.99. The smallest absolute Gasteiger partial charge is 0.320 e. The summed E-state index contributed by atoms with van der Waals surface area (Å²) >= 11 is 0. The van der Waals surface area contributed by atoms with Gasteiger partial charge < -0.3 is 19.3 Å². The van der Waals surface area contributed by atoms with Crippen LogP contribution >= 0.6 is 0 Å². The lowest BCUT2D eigenvalue weighted by Gasteiger charge is -2.17. The fourth-order valence-electron chi connectivity index (χ4n) is 2.34. The minimum absolute atomic E-state index is 0.00294. The summed E-state index contributed by atoms with van der Waals surface area (Å²) in [6, 6.07) is 4.72. The topological polar surface area (TPSA) is 82.1 Å². The first-order valence-corrected chi connectivity index (χ1v) is 9.43. The van der Waals surface area contributed by atoms with Crippen LogP contribution in [0.25, 0.3) is 0 Å². The van der Waals surface area contributed by atoms with E-state index in [2.05, 4.69) is 0 Å². The number of hydrogen-bond acceptors (Lipinski definition) is 6. The second-order valence-corrected chi connectivity index (χ2v) is 7.46. The van der Waals surface area contributed by atoms with Gasteiger partial charge >= 0.3 is 11.9 Å². The standard InChI is InChI=1S/C21H32O6/c1-14(2)8-10-26-20(23)17(21(24)27-11-9-15(3)4)12-16-6-7-18(22)19(13-16)25-5/h6-7,13-15,17,22H,8-12H2,1-5H3. The molecule has 1 rings (SSSR count). The molecule has 0 saturated heterocycles. The molecule has 0 aliphatic rings. The molecule has 1 aromatic rings. The van der Waals surface area contributed by atoms with Crippen LogP contribution in [0.15, 0.2) is 18.2 Å². The normalized spacial score (nSPS) is 11.1. The van der Waals surface area contributed by atoms with Gasteiger partial charge in [-0.1, -0.05) is 33.8 Å². The van der Waals surface area contributed by atoms with Crippen molar-refractivity contribution in [2.75, 3.05) is 20.3 Å². The number of esters is 2. The van der Waals surface area contributed by atoms with Gasteiger partial charge in [-0.25, -0.2) is 0 Å². The van der Waals surface area contributed by atoms with E-state index < -0.39 is 17.9 Å². The van der Waals surface area contributed by atoms with Crippen LogP contribution < -0.4 is 4.74 Å².